The number of hydrogen-bond acceptors (Lipinski definition) is 4. The highest BCUT2D eigenvalue weighted by molar-refractivity contribution is 7.80. The van der Waals surface area contributed by atoms with E-state index in [2.05, 4.69) is 5.32 Å². The molecule has 0 unspecified atom stereocenters. The summed E-state index contributed by atoms with van der Waals surface area (Å²) in [5, 5.41) is 2.50. The number of hydrogen-bond donors (Lipinski definition) is 1. The van der Waals surface area contributed by atoms with Crippen molar-refractivity contribution in [1.29, 1.82) is 0 Å². The van der Waals surface area contributed by atoms with Crippen molar-refractivity contribution in [2.45, 2.75) is 6.18 Å². The van der Waals surface area contributed by atoms with E-state index < -0.39 is 23.6 Å². The van der Waals surface area contributed by atoms with E-state index in [1.807, 2.05) is 0 Å². The van der Waals surface area contributed by atoms with Crippen molar-refractivity contribution in [2.75, 3.05) is 4.90 Å². The van der Waals surface area contributed by atoms with Crippen molar-refractivity contribution in [3.05, 3.63) is 82.6 Å². The summed E-state index contributed by atoms with van der Waals surface area (Å²) in [5.74, 6) is -1.02. The Labute approximate surface area is 190 Å². The van der Waals surface area contributed by atoms with Crippen molar-refractivity contribution < 1.29 is 27.2 Å². The fourth-order valence-corrected chi connectivity index (χ4v) is 3.55. The maximum atomic E-state index is 13.1. The maximum Gasteiger partial charge on any atom is 0.416 e. The average molecular weight is 477 g/mol. The van der Waals surface area contributed by atoms with Gasteiger partial charge in [0, 0.05) is 10.6 Å². The van der Waals surface area contributed by atoms with Crippen molar-refractivity contribution in [1.82, 2.24) is 5.32 Å². The van der Waals surface area contributed by atoms with Gasteiger partial charge in [-0.15, -0.1) is 0 Å². The minimum absolute atomic E-state index is 0.125. The largest absolute Gasteiger partial charge is 0.457 e. The molecule has 1 saturated heterocycles. The van der Waals surface area contributed by atoms with Gasteiger partial charge in [-0.1, -0.05) is 29.8 Å². The fourth-order valence-electron chi connectivity index (χ4n) is 3.08. The second-order valence-corrected chi connectivity index (χ2v) is 7.54. The molecule has 1 N–H and O–H groups in total. The predicted octanol–water partition coefficient (Wildman–Crippen LogP) is 5.45. The minimum Gasteiger partial charge on any atom is -0.457 e. The molecular formula is C22H12ClF3N2O3S. The topological polar surface area (TPSA) is 62.6 Å². The summed E-state index contributed by atoms with van der Waals surface area (Å²) in [5.41, 5.74) is -0.735. The van der Waals surface area contributed by atoms with Crippen LogP contribution in [0.25, 0.3) is 17.4 Å². The van der Waals surface area contributed by atoms with E-state index in [1.165, 1.54) is 12.1 Å². The van der Waals surface area contributed by atoms with Crippen molar-refractivity contribution in [3.63, 3.8) is 0 Å². The predicted molar refractivity (Wildman–Crippen MR) is 117 cm³/mol. The van der Waals surface area contributed by atoms with Gasteiger partial charge in [0.05, 0.1) is 11.3 Å². The molecule has 1 aliphatic heterocycles. The zero-order chi connectivity index (χ0) is 23.0. The number of thiocarbonyl (C=S) groups is 1. The van der Waals surface area contributed by atoms with Crippen LogP contribution < -0.4 is 10.2 Å². The van der Waals surface area contributed by atoms with Gasteiger partial charge in [-0.05, 0) is 60.8 Å². The van der Waals surface area contributed by atoms with E-state index in [1.54, 1.807) is 36.4 Å². The van der Waals surface area contributed by atoms with Gasteiger partial charge in [0.15, 0.2) is 5.11 Å². The van der Waals surface area contributed by atoms with Gasteiger partial charge in [-0.25, -0.2) is 0 Å². The first-order chi connectivity index (χ1) is 15.1. The van der Waals surface area contributed by atoms with Crippen LogP contribution in [-0.2, 0) is 15.8 Å². The molecular weight excluding hydrogens is 465 g/mol. The third kappa shape index (κ3) is 4.30. The van der Waals surface area contributed by atoms with Crippen LogP contribution in [0.15, 0.2) is 70.7 Å². The van der Waals surface area contributed by atoms with Crippen molar-refractivity contribution in [3.8, 4) is 11.3 Å². The number of nitrogens with one attached hydrogen (secondary N) is 1. The number of amides is 2. The minimum atomic E-state index is -4.61. The average Bonchev–Trinajstić information content (AvgIpc) is 3.19. The number of carbonyl (C=O) groups is 2. The van der Waals surface area contributed by atoms with Crippen LogP contribution in [0, 0.1) is 0 Å². The van der Waals surface area contributed by atoms with E-state index in [0.717, 1.165) is 23.1 Å². The smallest absolute Gasteiger partial charge is 0.416 e. The highest BCUT2D eigenvalue weighted by Gasteiger charge is 2.36. The van der Waals surface area contributed by atoms with Crippen LogP contribution in [0.2, 0.25) is 5.02 Å². The van der Waals surface area contributed by atoms with Crippen LogP contribution in [0.5, 0.6) is 0 Å². The van der Waals surface area contributed by atoms with Crippen LogP contribution in [0.3, 0.4) is 0 Å². The maximum absolute atomic E-state index is 13.1. The van der Waals surface area contributed by atoms with E-state index in [4.69, 9.17) is 28.2 Å². The number of anilines is 1. The molecule has 32 heavy (non-hydrogen) atoms. The lowest BCUT2D eigenvalue weighted by Crippen LogP contribution is -2.54. The monoisotopic (exact) mass is 476 g/mol. The zero-order valence-electron chi connectivity index (χ0n) is 15.9. The van der Waals surface area contributed by atoms with Crippen LogP contribution in [0.1, 0.15) is 11.3 Å². The number of carbonyl (C=O) groups excluding carboxylic acids is 2. The van der Waals surface area contributed by atoms with E-state index in [0.29, 0.717) is 16.3 Å². The molecule has 2 aromatic carbocycles. The number of rotatable bonds is 3. The van der Waals surface area contributed by atoms with E-state index in [9.17, 15) is 22.8 Å². The molecule has 0 spiro atoms. The molecule has 10 heteroatoms. The second kappa shape index (κ2) is 8.25. The number of nitrogens with zero attached hydrogens (tertiary/aromatic N) is 1. The van der Waals surface area contributed by atoms with Gasteiger partial charge in [0.2, 0.25) is 0 Å². The first kappa shape index (κ1) is 21.8. The normalized spacial score (nSPS) is 15.9. The molecule has 4 rings (SSSR count). The molecule has 2 heterocycles. The lowest BCUT2D eigenvalue weighted by Gasteiger charge is -2.29. The van der Waals surface area contributed by atoms with Crippen LogP contribution >= 0.6 is 23.8 Å². The SMILES string of the molecule is O=C1NC(=S)N(c2cccc(C(F)(F)F)c2)C(=O)/C1=C/c1ccc(-c2cccc(Cl)c2)o1. The summed E-state index contributed by atoms with van der Waals surface area (Å²) in [6, 6.07) is 14.2. The summed E-state index contributed by atoms with van der Waals surface area (Å²) in [4.78, 5) is 26.2. The van der Waals surface area contributed by atoms with Gasteiger partial charge >= 0.3 is 6.18 Å². The summed E-state index contributed by atoms with van der Waals surface area (Å²) < 4.78 is 44.9. The standard InChI is InChI=1S/C22H12ClF3N2O3S/c23-14-5-1-3-12(9-14)18-8-7-16(31-18)11-17-19(29)27-21(32)28(20(17)30)15-6-2-4-13(10-15)22(24,25)26/h1-11H,(H,27,29,32)/b17-11+. The van der Waals surface area contributed by atoms with Crippen molar-refractivity contribution in [2.24, 2.45) is 0 Å². The Morgan fingerprint density at radius 3 is 2.50 bits per heavy atom. The van der Waals surface area contributed by atoms with Gasteiger partial charge in [0.25, 0.3) is 11.8 Å². The number of halogens is 4. The number of benzene rings is 2. The lowest BCUT2D eigenvalue weighted by molar-refractivity contribution is -0.137. The molecule has 1 aromatic heterocycles. The molecule has 162 valence electrons. The molecule has 1 aliphatic rings. The number of alkyl halides is 3. The molecule has 0 saturated carbocycles. The first-order valence-corrected chi connectivity index (χ1v) is 9.86. The van der Waals surface area contributed by atoms with Crippen molar-refractivity contribution >= 4 is 52.5 Å². The Kier molecular flexibility index (Phi) is 5.62. The molecule has 0 aliphatic carbocycles. The Morgan fingerprint density at radius 1 is 1.03 bits per heavy atom. The van der Waals surface area contributed by atoms with Gasteiger partial charge in [0.1, 0.15) is 17.1 Å². The first-order valence-electron chi connectivity index (χ1n) is 9.08. The highest BCUT2D eigenvalue weighted by Crippen LogP contribution is 2.33. The third-order valence-corrected chi connectivity index (χ3v) is 5.08. The molecule has 0 atom stereocenters. The highest BCUT2D eigenvalue weighted by atomic mass is 35.5. The third-order valence-electron chi connectivity index (χ3n) is 4.56. The molecule has 1 fully saturated rings. The summed E-state index contributed by atoms with van der Waals surface area (Å²) >= 11 is 11.0. The Balaban J connectivity index is 1.68. The summed E-state index contributed by atoms with van der Waals surface area (Å²) in [6.45, 7) is 0. The van der Waals surface area contributed by atoms with Crippen LogP contribution in [0.4, 0.5) is 18.9 Å². The Hall–Kier alpha value is -3.43. The molecule has 0 radical (unpaired) electrons. The Morgan fingerprint density at radius 2 is 1.78 bits per heavy atom. The summed E-state index contributed by atoms with van der Waals surface area (Å²) in [6.07, 6.45) is -3.41. The quantitative estimate of drug-likeness (QED) is 0.310. The van der Waals surface area contributed by atoms with E-state index >= 15 is 0 Å². The Bertz CT molecular complexity index is 1280. The van der Waals surface area contributed by atoms with Gasteiger partial charge in [-0.3, -0.25) is 19.8 Å². The zero-order valence-corrected chi connectivity index (χ0v) is 17.5. The van der Waals surface area contributed by atoms with Gasteiger partial charge in [-0.2, -0.15) is 13.2 Å². The molecule has 5 nitrogen and oxygen atoms in total. The molecule has 0 bridgehead atoms. The lowest BCUT2D eigenvalue weighted by atomic mass is 10.1. The second-order valence-electron chi connectivity index (χ2n) is 6.72. The van der Waals surface area contributed by atoms with E-state index in [-0.39, 0.29) is 22.1 Å². The number of furan rings is 1. The van der Waals surface area contributed by atoms with Gasteiger partial charge < -0.3 is 4.42 Å². The fraction of sp³-hybridized carbons (Fsp3) is 0.0455. The molecule has 3 aromatic rings. The molecule has 2 amide bonds. The summed E-state index contributed by atoms with van der Waals surface area (Å²) in [7, 11) is 0. The van der Waals surface area contributed by atoms with Crippen LogP contribution in [-0.4, -0.2) is 16.9 Å².